The summed E-state index contributed by atoms with van der Waals surface area (Å²) in [4.78, 5) is 5.77. The van der Waals surface area contributed by atoms with Crippen LogP contribution in [0, 0.1) is 0 Å². The third kappa shape index (κ3) is 1.73. The Labute approximate surface area is 119 Å². The van der Waals surface area contributed by atoms with Crippen LogP contribution in [0.3, 0.4) is 0 Å². The second-order valence-electron chi connectivity index (χ2n) is 4.53. The first-order valence-electron chi connectivity index (χ1n) is 6.16. The van der Waals surface area contributed by atoms with Crippen LogP contribution >= 0.6 is 23.1 Å². The van der Waals surface area contributed by atoms with Crippen molar-refractivity contribution in [3.63, 3.8) is 0 Å². The van der Waals surface area contributed by atoms with Crippen LogP contribution in [-0.2, 0) is 0 Å². The highest BCUT2D eigenvalue weighted by Crippen LogP contribution is 2.32. The van der Waals surface area contributed by atoms with E-state index in [0.717, 1.165) is 5.04 Å². The maximum Gasteiger partial charge on any atom is 0.0748 e. The SMILES string of the molecule is CC1=NC=C2C=CC=c3sc4ccccc4c3=C2S1. The first kappa shape index (κ1) is 11.3. The van der Waals surface area contributed by atoms with Crippen LogP contribution in [0.1, 0.15) is 6.92 Å². The molecular weight excluding hydrogens is 270 g/mol. The number of benzene rings is 1. The summed E-state index contributed by atoms with van der Waals surface area (Å²) < 4.78 is 2.70. The molecule has 2 aromatic rings. The Kier molecular flexibility index (Phi) is 2.50. The van der Waals surface area contributed by atoms with Crippen LogP contribution in [-0.4, -0.2) is 5.04 Å². The van der Waals surface area contributed by atoms with Gasteiger partial charge in [-0.2, -0.15) is 0 Å². The van der Waals surface area contributed by atoms with Crippen LogP contribution in [0.2, 0.25) is 0 Å². The predicted molar refractivity (Wildman–Crippen MR) is 86.9 cm³/mol. The van der Waals surface area contributed by atoms with E-state index in [4.69, 9.17) is 0 Å². The lowest BCUT2D eigenvalue weighted by atomic mass is 10.1. The first-order chi connectivity index (χ1) is 9.33. The minimum absolute atomic E-state index is 1.11. The molecule has 1 aromatic carbocycles. The standard InChI is InChI=1S/C16H11NS2/c1-10-17-9-11-5-4-8-14-15(16(11)18-10)12-6-2-3-7-13(12)19-14/h2-9H,1H3. The fraction of sp³-hybridized carbons (Fsp3) is 0.0625. The number of hydrogen-bond acceptors (Lipinski definition) is 3. The number of thioether (sulfide) groups is 1. The van der Waals surface area contributed by atoms with Gasteiger partial charge in [-0.15, -0.1) is 11.3 Å². The van der Waals surface area contributed by atoms with Crippen molar-refractivity contribution in [1.82, 2.24) is 0 Å². The van der Waals surface area contributed by atoms with Crippen LogP contribution in [0.4, 0.5) is 0 Å². The highest BCUT2D eigenvalue weighted by atomic mass is 32.2. The van der Waals surface area contributed by atoms with Gasteiger partial charge in [0.25, 0.3) is 0 Å². The van der Waals surface area contributed by atoms with Crippen molar-refractivity contribution in [3.8, 4) is 0 Å². The van der Waals surface area contributed by atoms with Crippen molar-refractivity contribution in [2.24, 2.45) is 4.99 Å². The van der Waals surface area contributed by atoms with Crippen molar-refractivity contribution in [1.29, 1.82) is 0 Å². The van der Waals surface area contributed by atoms with Gasteiger partial charge in [-0.05, 0) is 19.1 Å². The van der Waals surface area contributed by atoms with E-state index in [1.54, 1.807) is 11.8 Å². The highest BCUT2D eigenvalue weighted by molar-refractivity contribution is 8.21. The molecule has 92 valence electrons. The fourth-order valence-corrected chi connectivity index (χ4v) is 4.57. The van der Waals surface area contributed by atoms with Gasteiger partial charge in [0.1, 0.15) is 0 Å². The van der Waals surface area contributed by atoms with E-state index in [2.05, 4.69) is 54.4 Å². The number of hydrogen-bond donors (Lipinski definition) is 0. The molecule has 1 aliphatic heterocycles. The number of thiophene rings is 1. The average molecular weight is 281 g/mol. The van der Waals surface area contributed by atoms with E-state index >= 15 is 0 Å². The van der Waals surface area contributed by atoms with Gasteiger partial charge in [0.15, 0.2) is 0 Å². The lowest BCUT2D eigenvalue weighted by molar-refractivity contribution is 1.51. The summed E-state index contributed by atoms with van der Waals surface area (Å²) in [6.07, 6.45) is 8.47. The van der Waals surface area contributed by atoms with E-state index in [1.807, 2.05) is 17.5 Å². The van der Waals surface area contributed by atoms with Gasteiger partial charge in [-0.25, -0.2) is 0 Å². The monoisotopic (exact) mass is 281 g/mol. The molecule has 19 heavy (non-hydrogen) atoms. The van der Waals surface area contributed by atoms with E-state index in [9.17, 15) is 0 Å². The number of rotatable bonds is 0. The molecule has 0 spiro atoms. The molecule has 0 radical (unpaired) electrons. The summed E-state index contributed by atoms with van der Waals surface area (Å²) in [6, 6.07) is 8.64. The largest absolute Gasteiger partial charge is 0.254 e. The Morgan fingerprint density at radius 2 is 2.05 bits per heavy atom. The summed E-state index contributed by atoms with van der Waals surface area (Å²) in [5.74, 6) is 0. The van der Waals surface area contributed by atoms with Gasteiger partial charge in [0.05, 0.1) is 5.04 Å². The van der Waals surface area contributed by atoms with Gasteiger partial charge in [-0.1, -0.05) is 42.1 Å². The molecule has 0 bridgehead atoms. The van der Waals surface area contributed by atoms with E-state index in [0.29, 0.717) is 0 Å². The quantitative estimate of drug-likeness (QED) is 0.721. The normalized spacial score (nSPS) is 17.2. The van der Waals surface area contributed by atoms with Crippen molar-refractivity contribution in [2.45, 2.75) is 6.92 Å². The Morgan fingerprint density at radius 1 is 1.16 bits per heavy atom. The first-order valence-corrected chi connectivity index (χ1v) is 7.79. The summed E-state index contributed by atoms with van der Waals surface area (Å²) in [5.41, 5.74) is 1.22. The molecule has 0 saturated heterocycles. The molecule has 0 N–H and O–H groups in total. The van der Waals surface area contributed by atoms with E-state index in [1.165, 1.54) is 30.3 Å². The summed E-state index contributed by atoms with van der Waals surface area (Å²) >= 11 is 3.64. The van der Waals surface area contributed by atoms with Gasteiger partial charge in [-0.3, -0.25) is 4.99 Å². The van der Waals surface area contributed by atoms with Gasteiger partial charge in [0.2, 0.25) is 0 Å². The average Bonchev–Trinajstić information content (AvgIpc) is 2.69. The second kappa shape index (κ2) is 4.22. The maximum absolute atomic E-state index is 4.43. The molecule has 0 fully saturated rings. The Morgan fingerprint density at radius 3 is 3.00 bits per heavy atom. The van der Waals surface area contributed by atoms with Crippen LogP contribution in [0.15, 0.2) is 53.2 Å². The molecule has 1 aliphatic carbocycles. The third-order valence-electron chi connectivity index (χ3n) is 3.27. The second-order valence-corrected chi connectivity index (χ2v) is 6.81. The summed E-state index contributed by atoms with van der Waals surface area (Å²) in [6.45, 7) is 2.07. The molecule has 0 amide bonds. The predicted octanol–water partition coefficient (Wildman–Crippen LogP) is 3.41. The zero-order valence-electron chi connectivity index (χ0n) is 10.4. The topological polar surface area (TPSA) is 12.4 Å². The molecule has 3 heteroatoms. The minimum atomic E-state index is 1.11. The van der Waals surface area contributed by atoms with Gasteiger partial charge in [0, 0.05) is 36.5 Å². The summed E-state index contributed by atoms with van der Waals surface area (Å²) in [7, 11) is 0. The van der Waals surface area contributed by atoms with Crippen molar-refractivity contribution >= 4 is 49.2 Å². The molecule has 0 unspecified atom stereocenters. The lowest BCUT2D eigenvalue weighted by Gasteiger charge is -2.11. The van der Waals surface area contributed by atoms with Crippen LogP contribution in [0.5, 0.6) is 0 Å². The number of fused-ring (bicyclic) bond motifs is 4. The van der Waals surface area contributed by atoms with Gasteiger partial charge >= 0.3 is 0 Å². The zero-order chi connectivity index (χ0) is 12.8. The number of aliphatic imine (C=N–C) groups is 1. The lowest BCUT2D eigenvalue weighted by Crippen LogP contribution is -2.21. The molecule has 0 atom stereocenters. The van der Waals surface area contributed by atoms with Crippen LogP contribution in [0.25, 0.3) is 21.1 Å². The van der Waals surface area contributed by atoms with Crippen molar-refractivity contribution < 1.29 is 0 Å². The molecular formula is C16H11NS2. The molecule has 1 aromatic heterocycles. The summed E-state index contributed by atoms with van der Waals surface area (Å²) in [5, 5.41) is 3.83. The highest BCUT2D eigenvalue weighted by Gasteiger charge is 2.15. The van der Waals surface area contributed by atoms with E-state index < -0.39 is 0 Å². The molecule has 1 nitrogen and oxygen atoms in total. The molecule has 4 rings (SSSR count). The Hall–Kier alpha value is -1.58. The third-order valence-corrected chi connectivity index (χ3v) is 5.45. The zero-order valence-corrected chi connectivity index (χ0v) is 12.0. The van der Waals surface area contributed by atoms with Crippen molar-refractivity contribution in [2.75, 3.05) is 0 Å². The Bertz CT molecular complexity index is 894. The van der Waals surface area contributed by atoms with Crippen molar-refractivity contribution in [3.05, 3.63) is 57.9 Å². The maximum atomic E-state index is 4.43. The molecule has 0 saturated carbocycles. The van der Waals surface area contributed by atoms with Crippen LogP contribution < -0.4 is 9.75 Å². The Balaban J connectivity index is 2.24. The van der Waals surface area contributed by atoms with Gasteiger partial charge < -0.3 is 0 Å². The minimum Gasteiger partial charge on any atom is -0.254 e. The van der Waals surface area contributed by atoms with E-state index in [-0.39, 0.29) is 0 Å². The number of nitrogens with zero attached hydrogens (tertiary/aromatic N) is 1. The number of allylic oxidation sites excluding steroid dienone is 2. The fourth-order valence-electron chi connectivity index (χ4n) is 2.42. The molecule has 2 aliphatic rings. The molecule has 2 heterocycles. The smallest absolute Gasteiger partial charge is 0.0748 e.